The normalized spacial score (nSPS) is 11.5. The molecule has 5 nitrogen and oxygen atoms in total. The van der Waals surface area contributed by atoms with Gasteiger partial charge in [0, 0.05) is 12.8 Å². The smallest absolute Gasteiger partial charge is 0.305 e. The second-order valence-corrected chi connectivity index (χ2v) is 4.72. The van der Waals surface area contributed by atoms with Crippen LogP contribution in [0.15, 0.2) is 0 Å². The van der Waals surface area contributed by atoms with Gasteiger partial charge in [-0.05, 0) is 25.2 Å². The van der Waals surface area contributed by atoms with Crippen LogP contribution in [-0.2, 0) is 14.3 Å². The average molecular weight is 275 g/mol. The van der Waals surface area contributed by atoms with Crippen LogP contribution in [0.4, 0.5) is 0 Å². The average Bonchev–Trinajstić information content (AvgIpc) is 2.32. The maximum absolute atomic E-state index is 11.4. The van der Waals surface area contributed by atoms with Gasteiger partial charge in [0.1, 0.15) is 0 Å². The van der Waals surface area contributed by atoms with E-state index in [1.807, 2.05) is 6.92 Å². The lowest BCUT2D eigenvalue weighted by Gasteiger charge is -2.13. The fourth-order valence-electron chi connectivity index (χ4n) is 1.81. The molecule has 0 aliphatic heterocycles. The number of esters is 1. The van der Waals surface area contributed by atoms with Crippen LogP contribution in [0.2, 0.25) is 0 Å². The van der Waals surface area contributed by atoms with Gasteiger partial charge in [0.05, 0.1) is 6.61 Å². The molecule has 0 saturated carbocycles. The number of carbonyl (C=O) groups excluding carboxylic acids is 1. The lowest BCUT2D eigenvalue weighted by atomic mass is 9.93. The lowest BCUT2D eigenvalue weighted by molar-refractivity contribution is -0.145. The third kappa shape index (κ3) is 13.1. The van der Waals surface area contributed by atoms with Gasteiger partial charge >= 0.3 is 11.9 Å². The minimum absolute atomic E-state index is 0. The Hall–Kier alpha value is -1.10. The van der Waals surface area contributed by atoms with Gasteiger partial charge in [-0.1, -0.05) is 33.1 Å². The van der Waals surface area contributed by atoms with E-state index in [4.69, 9.17) is 9.84 Å². The van der Waals surface area contributed by atoms with Crippen molar-refractivity contribution in [2.45, 2.75) is 65.2 Å². The zero-order valence-corrected chi connectivity index (χ0v) is 12.3. The molecule has 0 spiro atoms. The molecule has 0 saturated heterocycles. The Kier molecular flexibility index (Phi) is 14.2. The van der Waals surface area contributed by atoms with E-state index in [2.05, 4.69) is 6.92 Å². The lowest BCUT2D eigenvalue weighted by Crippen LogP contribution is -2.12. The Bertz CT molecular complexity index is 244. The molecule has 0 aliphatic rings. The van der Waals surface area contributed by atoms with Gasteiger partial charge in [0.25, 0.3) is 0 Å². The highest BCUT2D eigenvalue weighted by atomic mass is 16.5. The molecule has 0 aromatic heterocycles. The summed E-state index contributed by atoms with van der Waals surface area (Å²) in [5, 5.41) is 8.81. The molecule has 4 N–H and O–H groups in total. The number of carboxylic acids is 1. The Morgan fingerprint density at radius 2 is 1.74 bits per heavy atom. The predicted molar refractivity (Wildman–Crippen MR) is 75.4 cm³/mol. The number of rotatable bonds is 11. The zero-order valence-electron chi connectivity index (χ0n) is 12.3. The first kappa shape index (κ1) is 20.2. The largest absolute Gasteiger partial charge is 0.481 e. The Labute approximate surface area is 116 Å². The summed E-state index contributed by atoms with van der Waals surface area (Å²) in [7, 11) is 0. The van der Waals surface area contributed by atoms with Gasteiger partial charge in [-0.25, -0.2) is 0 Å². The summed E-state index contributed by atoms with van der Waals surface area (Å²) in [6.45, 7) is 4.60. The quantitative estimate of drug-likeness (QED) is 0.443. The molecule has 0 bridgehead atoms. The Balaban J connectivity index is 0. The van der Waals surface area contributed by atoms with E-state index in [1.165, 1.54) is 0 Å². The number of aliphatic carboxylic acids is 1. The van der Waals surface area contributed by atoms with E-state index in [-0.39, 0.29) is 24.5 Å². The van der Waals surface area contributed by atoms with E-state index in [0.29, 0.717) is 19.4 Å². The van der Waals surface area contributed by atoms with Gasteiger partial charge < -0.3 is 16.0 Å². The standard InChI is InChI=1S/C14H26O4.H3N/c1-3-5-7-12(11-13(15)16)8-9-14(17)18-10-6-4-2;/h12H,3-11H2,1-2H3,(H,15,16);1H3. The monoisotopic (exact) mass is 275 g/mol. The number of carbonyl (C=O) groups is 2. The van der Waals surface area contributed by atoms with E-state index < -0.39 is 5.97 Å². The van der Waals surface area contributed by atoms with Crippen molar-refractivity contribution >= 4 is 11.9 Å². The predicted octanol–water partition coefficient (Wildman–Crippen LogP) is 3.55. The summed E-state index contributed by atoms with van der Waals surface area (Å²) in [4.78, 5) is 22.1. The first-order valence-corrected chi connectivity index (χ1v) is 6.97. The van der Waals surface area contributed by atoms with Crippen LogP contribution in [0.25, 0.3) is 0 Å². The van der Waals surface area contributed by atoms with Gasteiger partial charge in [-0.2, -0.15) is 0 Å². The van der Waals surface area contributed by atoms with Gasteiger partial charge in [-0.3, -0.25) is 9.59 Å². The first-order chi connectivity index (χ1) is 8.60. The van der Waals surface area contributed by atoms with E-state index in [9.17, 15) is 9.59 Å². The van der Waals surface area contributed by atoms with Crippen molar-refractivity contribution in [1.82, 2.24) is 6.15 Å². The number of hydrogen-bond acceptors (Lipinski definition) is 4. The first-order valence-electron chi connectivity index (χ1n) is 6.97. The highest BCUT2D eigenvalue weighted by Crippen LogP contribution is 2.19. The second kappa shape index (κ2) is 13.3. The maximum Gasteiger partial charge on any atom is 0.305 e. The number of unbranched alkanes of at least 4 members (excludes halogenated alkanes) is 2. The topological polar surface area (TPSA) is 98.6 Å². The van der Waals surface area contributed by atoms with E-state index >= 15 is 0 Å². The van der Waals surface area contributed by atoms with Crippen molar-refractivity contribution in [3.63, 3.8) is 0 Å². The SMILES string of the molecule is CCCCOC(=O)CCC(CCCC)CC(=O)O.N. The van der Waals surface area contributed by atoms with Gasteiger partial charge in [-0.15, -0.1) is 0 Å². The molecular weight excluding hydrogens is 246 g/mol. The fourth-order valence-corrected chi connectivity index (χ4v) is 1.81. The summed E-state index contributed by atoms with van der Waals surface area (Å²) in [5.74, 6) is -0.882. The molecule has 0 aliphatic carbocycles. The molecule has 0 aromatic rings. The van der Waals surface area contributed by atoms with Crippen LogP contribution in [0, 0.1) is 5.92 Å². The van der Waals surface area contributed by atoms with Crippen LogP contribution in [0.3, 0.4) is 0 Å². The molecule has 5 heteroatoms. The van der Waals surface area contributed by atoms with Crippen LogP contribution >= 0.6 is 0 Å². The third-order valence-corrected chi connectivity index (χ3v) is 2.95. The fraction of sp³-hybridized carbons (Fsp3) is 0.857. The number of carboxylic acid groups (broad SMARTS) is 1. The van der Waals surface area contributed by atoms with Crippen molar-refractivity contribution in [3.8, 4) is 0 Å². The zero-order chi connectivity index (χ0) is 13.8. The maximum atomic E-state index is 11.4. The number of hydrogen-bond donors (Lipinski definition) is 2. The molecule has 0 amide bonds. The summed E-state index contributed by atoms with van der Waals surface area (Å²) in [5.41, 5.74) is 0. The van der Waals surface area contributed by atoms with Crippen molar-refractivity contribution in [2.24, 2.45) is 5.92 Å². The molecule has 114 valence electrons. The van der Waals surface area contributed by atoms with Crippen molar-refractivity contribution in [3.05, 3.63) is 0 Å². The minimum Gasteiger partial charge on any atom is -0.481 e. The highest BCUT2D eigenvalue weighted by molar-refractivity contribution is 5.70. The molecule has 0 aromatic carbocycles. The summed E-state index contributed by atoms with van der Waals surface area (Å²) >= 11 is 0. The van der Waals surface area contributed by atoms with Crippen molar-refractivity contribution in [2.75, 3.05) is 6.61 Å². The Morgan fingerprint density at radius 3 is 2.26 bits per heavy atom. The highest BCUT2D eigenvalue weighted by Gasteiger charge is 2.15. The summed E-state index contributed by atoms with van der Waals surface area (Å²) in [6, 6.07) is 0. The molecule has 19 heavy (non-hydrogen) atoms. The van der Waals surface area contributed by atoms with E-state index in [0.717, 1.165) is 32.1 Å². The van der Waals surface area contributed by atoms with Gasteiger partial charge in [0.15, 0.2) is 0 Å². The third-order valence-electron chi connectivity index (χ3n) is 2.95. The van der Waals surface area contributed by atoms with Crippen molar-refractivity contribution < 1.29 is 19.4 Å². The molecule has 0 fully saturated rings. The van der Waals surface area contributed by atoms with Crippen LogP contribution in [0.5, 0.6) is 0 Å². The second-order valence-electron chi connectivity index (χ2n) is 4.72. The van der Waals surface area contributed by atoms with E-state index in [1.54, 1.807) is 0 Å². The molecule has 1 atom stereocenters. The molecule has 0 heterocycles. The van der Waals surface area contributed by atoms with Crippen LogP contribution < -0.4 is 6.15 Å². The molecular formula is C14H29NO4. The summed E-state index contributed by atoms with van der Waals surface area (Å²) < 4.78 is 5.06. The molecule has 0 rings (SSSR count). The number of ether oxygens (including phenoxy) is 1. The summed E-state index contributed by atoms with van der Waals surface area (Å²) in [6.07, 6.45) is 5.96. The van der Waals surface area contributed by atoms with Crippen LogP contribution in [-0.4, -0.2) is 23.7 Å². The van der Waals surface area contributed by atoms with Gasteiger partial charge in [0.2, 0.25) is 0 Å². The minimum atomic E-state index is -0.782. The van der Waals surface area contributed by atoms with Crippen LogP contribution in [0.1, 0.15) is 65.2 Å². The molecule has 1 unspecified atom stereocenters. The Morgan fingerprint density at radius 1 is 1.11 bits per heavy atom. The molecule has 0 radical (unpaired) electrons. The van der Waals surface area contributed by atoms with Crippen molar-refractivity contribution in [1.29, 1.82) is 0 Å².